The highest BCUT2D eigenvalue weighted by atomic mass is 32.2. The zero-order valence-electron chi connectivity index (χ0n) is 9.21. The lowest BCUT2D eigenvalue weighted by Gasteiger charge is -2.05. The molecule has 7 heteroatoms. The third-order valence-electron chi connectivity index (χ3n) is 1.84. The minimum Gasteiger partial charge on any atom is -0.462 e. The summed E-state index contributed by atoms with van der Waals surface area (Å²) in [6.07, 6.45) is 0. The van der Waals surface area contributed by atoms with Gasteiger partial charge in [0.2, 0.25) is 0 Å². The molecule has 0 radical (unpaired) electrons. The maximum absolute atomic E-state index is 11.3. The molecule has 0 heterocycles. The van der Waals surface area contributed by atoms with Crippen LogP contribution in [-0.2, 0) is 19.9 Å². The SMILES string of the molecule is CCOC(=O)c1ccc(NCO[SH](=O)=O)cc1. The predicted molar refractivity (Wildman–Crippen MR) is 62.3 cm³/mol. The van der Waals surface area contributed by atoms with E-state index in [-0.39, 0.29) is 6.73 Å². The van der Waals surface area contributed by atoms with Crippen LogP contribution in [0, 0.1) is 0 Å². The molecule has 0 unspecified atom stereocenters. The zero-order valence-corrected chi connectivity index (χ0v) is 10.1. The fourth-order valence-electron chi connectivity index (χ4n) is 1.11. The van der Waals surface area contributed by atoms with Crippen molar-refractivity contribution in [3.8, 4) is 0 Å². The first kappa shape index (κ1) is 13.5. The highest BCUT2D eigenvalue weighted by Gasteiger charge is 2.05. The number of carbonyl (C=O) groups excluding carboxylic acids is 1. The zero-order chi connectivity index (χ0) is 12.7. The molecule has 0 aliphatic carbocycles. The van der Waals surface area contributed by atoms with Crippen molar-refractivity contribution in [1.82, 2.24) is 0 Å². The third-order valence-corrected chi connectivity index (χ3v) is 2.18. The van der Waals surface area contributed by atoms with Crippen molar-refractivity contribution < 1.29 is 22.1 Å². The van der Waals surface area contributed by atoms with Crippen molar-refractivity contribution in [2.75, 3.05) is 18.7 Å². The summed E-state index contributed by atoms with van der Waals surface area (Å²) in [5.74, 6) is -0.391. The van der Waals surface area contributed by atoms with E-state index in [1.807, 2.05) is 0 Å². The number of rotatable bonds is 6. The number of anilines is 1. The summed E-state index contributed by atoms with van der Waals surface area (Å²) in [5, 5.41) is 2.72. The van der Waals surface area contributed by atoms with Gasteiger partial charge in [-0.3, -0.25) is 4.18 Å². The highest BCUT2D eigenvalue weighted by molar-refractivity contribution is 7.67. The van der Waals surface area contributed by atoms with E-state index in [2.05, 4.69) is 9.50 Å². The van der Waals surface area contributed by atoms with E-state index in [4.69, 9.17) is 4.74 Å². The predicted octanol–water partition coefficient (Wildman–Crippen LogP) is 0.776. The van der Waals surface area contributed by atoms with Crippen molar-refractivity contribution in [3.05, 3.63) is 29.8 Å². The largest absolute Gasteiger partial charge is 0.462 e. The van der Waals surface area contributed by atoms with Gasteiger partial charge < -0.3 is 10.1 Å². The summed E-state index contributed by atoms with van der Waals surface area (Å²) in [6, 6.07) is 6.43. The van der Waals surface area contributed by atoms with Crippen LogP contribution in [0.5, 0.6) is 0 Å². The number of hydrogen-bond acceptors (Lipinski definition) is 6. The Kier molecular flexibility index (Phi) is 5.44. The topological polar surface area (TPSA) is 81.7 Å². The molecule has 1 aromatic carbocycles. The van der Waals surface area contributed by atoms with E-state index in [0.29, 0.717) is 17.9 Å². The maximum atomic E-state index is 11.3. The second-order valence-corrected chi connectivity index (χ2v) is 3.68. The summed E-state index contributed by atoms with van der Waals surface area (Å²) in [5.41, 5.74) is 1.09. The summed E-state index contributed by atoms with van der Waals surface area (Å²) in [6.45, 7) is 1.91. The number of nitrogens with one attached hydrogen (secondary N) is 1. The Morgan fingerprint density at radius 3 is 2.47 bits per heavy atom. The molecule has 1 N–H and O–H groups in total. The lowest BCUT2D eigenvalue weighted by atomic mass is 10.2. The lowest BCUT2D eigenvalue weighted by molar-refractivity contribution is 0.0526. The molecular formula is C10H13NO5S. The van der Waals surface area contributed by atoms with Gasteiger partial charge in [-0.05, 0) is 31.2 Å². The first-order chi connectivity index (χ1) is 8.13. The Hall–Kier alpha value is -1.60. The summed E-state index contributed by atoms with van der Waals surface area (Å²) < 4.78 is 29.4. The van der Waals surface area contributed by atoms with Gasteiger partial charge in [0.1, 0.15) is 6.73 Å². The van der Waals surface area contributed by atoms with Crippen LogP contribution in [0.15, 0.2) is 24.3 Å². The average molecular weight is 259 g/mol. The molecule has 0 aliphatic rings. The third kappa shape index (κ3) is 4.83. The van der Waals surface area contributed by atoms with Crippen molar-refractivity contribution >= 4 is 22.6 Å². The second kappa shape index (κ2) is 6.87. The smallest absolute Gasteiger partial charge is 0.338 e. The van der Waals surface area contributed by atoms with E-state index < -0.39 is 17.0 Å². The molecule has 94 valence electrons. The van der Waals surface area contributed by atoms with Crippen molar-refractivity contribution in [2.45, 2.75) is 6.92 Å². The van der Waals surface area contributed by atoms with Crippen LogP contribution < -0.4 is 5.32 Å². The minimum atomic E-state index is -2.85. The number of esters is 1. The Bertz CT molecular complexity index is 433. The summed E-state index contributed by atoms with van der Waals surface area (Å²) >= 11 is 0. The van der Waals surface area contributed by atoms with E-state index in [1.165, 1.54) is 0 Å². The Morgan fingerprint density at radius 2 is 1.94 bits per heavy atom. The highest BCUT2D eigenvalue weighted by Crippen LogP contribution is 2.10. The van der Waals surface area contributed by atoms with E-state index in [1.54, 1.807) is 31.2 Å². The monoisotopic (exact) mass is 259 g/mol. The Morgan fingerprint density at radius 1 is 1.29 bits per heavy atom. The van der Waals surface area contributed by atoms with Gasteiger partial charge in [0.15, 0.2) is 0 Å². The van der Waals surface area contributed by atoms with Gasteiger partial charge in [0.05, 0.1) is 12.2 Å². The first-order valence-corrected chi connectivity index (χ1v) is 6.01. The van der Waals surface area contributed by atoms with Gasteiger partial charge in [-0.2, -0.15) is 0 Å². The van der Waals surface area contributed by atoms with Gasteiger partial charge in [-0.15, -0.1) is 0 Å². The standard InChI is InChI=1S/C10H13NO5S/c1-2-15-10(12)8-3-5-9(6-4-8)11-7-16-17(13)14/h3-6,11,17H,2,7H2,1H3. The Balaban J connectivity index is 2.52. The molecule has 0 amide bonds. The molecule has 1 rings (SSSR count). The van der Waals surface area contributed by atoms with Crippen molar-refractivity contribution in [3.63, 3.8) is 0 Å². The average Bonchev–Trinajstić information content (AvgIpc) is 2.30. The Labute approximate surface area is 101 Å². The van der Waals surface area contributed by atoms with Crippen LogP contribution in [-0.4, -0.2) is 27.7 Å². The fraction of sp³-hybridized carbons (Fsp3) is 0.300. The van der Waals surface area contributed by atoms with E-state index >= 15 is 0 Å². The fourth-order valence-corrected chi connectivity index (χ4v) is 1.28. The molecule has 0 atom stereocenters. The van der Waals surface area contributed by atoms with Crippen molar-refractivity contribution in [2.24, 2.45) is 0 Å². The van der Waals surface area contributed by atoms with Crippen LogP contribution in [0.3, 0.4) is 0 Å². The molecule has 6 nitrogen and oxygen atoms in total. The van der Waals surface area contributed by atoms with Crippen molar-refractivity contribution in [1.29, 1.82) is 0 Å². The van der Waals surface area contributed by atoms with Crippen LogP contribution in [0.2, 0.25) is 0 Å². The first-order valence-electron chi connectivity index (χ1n) is 4.92. The van der Waals surface area contributed by atoms with Crippen LogP contribution in [0.25, 0.3) is 0 Å². The molecule has 0 aliphatic heterocycles. The number of thiol groups is 1. The van der Waals surface area contributed by atoms with Gasteiger partial charge in [0, 0.05) is 5.69 Å². The molecule has 1 aromatic rings. The number of benzene rings is 1. The molecule has 0 saturated carbocycles. The van der Waals surface area contributed by atoms with E-state index in [0.717, 1.165) is 0 Å². The molecule has 17 heavy (non-hydrogen) atoms. The van der Waals surface area contributed by atoms with Crippen LogP contribution >= 0.6 is 0 Å². The molecule has 0 aromatic heterocycles. The molecule has 0 spiro atoms. The van der Waals surface area contributed by atoms with Crippen LogP contribution in [0.4, 0.5) is 5.69 Å². The number of hydrogen-bond donors (Lipinski definition) is 2. The lowest BCUT2D eigenvalue weighted by Crippen LogP contribution is -2.06. The molecule has 0 fully saturated rings. The van der Waals surface area contributed by atoms with Gasteiger partial charge in [0.25, 0.3) is 11.0 Å². The summed E-state index contributed by atoms with van der Waals surface area (Å²) in [7, 11) is -2.85. The molecule has 0 saturated heterocycles. The van der Waals surface area contributed by atoms with Gasteiger partial charge in [-0.1, -0.05) is 0 Å². The van der Waals surface area contributed by atoms with Gasteiger partial charge >= 0.3 is 5.97 Å². The molecule has 0 bridgehead atoms. The summed E-state index contributed by atoms with van der Waals surface area (Å²) in [4.78, 5) is 11.3. The second-order valence-electron chi connectivity index (χ2n) is 2.97. The maximum Gasteiger partial charge on any atom is 0.338 e. The van der Waals surface area contributed by atoms with E-state index in [9.17, 15) is 13.2 Å². The number of ether oxygens (including phenoxy) is 1. The van der Waals surface area contributed by atoms with Crippen LogP contribution in [0.1, 0.15) is 17.3 Å². The molecular weight excluding hydrogens is 246 g/mol. The quantitative estimate of drug-likeness (QED) is 0.446. The number of carbonyl (C=O) groups is 1. The normalized spacial score (nSPS) is 10.2. The van der Waals surface area contributed by atoms with Gasteiger partial charge in [-0.25, -0.2) is 13.2 Å². The minimum absolute atomic E-state index is 0.141.